The number of furan rings is 1. The molecule has 1 aliphatic rings. The Bertz CT molecular complexity index is 918. The number of aromatic nitrogens is 1. The van der Waals surface area contributed by atoms with E-state index < -0.39 is 0 Å². The third kappa shape index (κ3) is 2.55. The minimum absolute atomic E-state index is 0.0221. The summed E-state index contributed by atoms with van der Waals surface area (Å²) < 4.78 is 10.3. The highest BCUT2D eigenvalue weighted by atomic mass is 35.5. The van der Waals surface area contributed by atoms with Crippen molar-refractivity contribution < 1.29 is 9.21 Å². The van der Waals surface area contributed by atoms with E-state index in [0.717, 1.165) is 15.3 Å². The van der Waals surface area contributed by atoms with E-state index in [0.29, 0.717) is 36.6 Å². The first-order chi connectivity index (χ1) is 11.7. The molecule has 3 aromatic heterocycles. The van der Waals surface area contributed by atoms with Crippen LogP contribution in [0.5, 0.6) is 0 Å². The van der Waals surface area contributed by atoms with Gasteiger partial charge < -0.3 is 14.2 Å². The highest BCUT2D eigenvalue weighted by Gasteiger charge is 2.26. The Morgan fingerprint density at radius 3 is 2.88 bits per heavy atom. The lowest BCUT2D eigenvalue weighted by Gasteiger charge is -2.35. The number of nitrogens with zero attached hydrogens (tertiary/aromatic N) is 4. The lowest BCUT2D eigenvalue weighted by molar-refractivity contribution is 0.0752. The van der Waals surface area contributed by atoms with Crippen molar-refractivity contribution in [2.45, 2.75) is 0 Å². The van der Waals surface area contributed by atoms with Gasteiger partial charge in [0.1, 0.15) is 22.2 Å². The SMILES string of the molecule is N#Cc1c(Cl)nsc1N1CCN(C(=O)c2cc3occc3s2)CC1. The van der Waals surface area contributed by atoms with Crippen molar-refractivity contribution in [2.75, 3.05) is 31.1 Å². The number of halogens is 1. The molecule has 0 bridgehead atoms. The van der Waals surface area contributed by atoms with Crippen molar-refractivity contribution in [1.29, 1.82) is 5.26 Å². The zero-order valence-electron chi connectivity index (χ0n) is 12.4. The second-order valence-electron chi connectivity index (χ2n) is 5.30. The molecule has 0 saturated carbocycles. The maximum absolute atomic E-state index is 12.6. The predicted molar refractivity (Wildman–Crippen MR) is 94.0 cm³/mol. The number of rotatable bonds is 2. The fourth-order valence-electron chi connectivity index (χ4n) is 2.71. The third-order valence-electron chi connectivity index (χ3n) is 3.95. The number of piperazine rings is 1. The number of fused-ring (bicyclic) bond motifs is 1. The third-order valence-corrected chi connectivity index (χ3v) is 6.30. The lowest BCUT2D eigenvalue weighted by Crippen LogP contribution is -2.48. The van der Waals surface area contributed by atoms with E-state index in [-0.39, 0.29) is 11.1 Å². The molecule has 0 radical (unpaired) electrons. The zero-order valence-corrected chi connectivity index (χ0v) is 14.7. The Kier molecular flexibility index (Phi) is 3.92. The maximum Gasteiger partial charge on any atom is 0.264 e. The van der Waals surface area contributed by atoms with Crippen LogP contribution in [0.15, 0.2) is 22.8 Å². The Labute approximate surface area is 150 Å². The molecule has 3 aromatic rings. The fourth-order valence-corrected chi connectivity index (χ4v) is 4.74. The molecular weight excluding hydrogens is 368 g/mol. The number of anilines is 1. The van der Waals surface area contributed by atoms with E-state index in [1.165, 1.54) is 22.9 Å². The molecule has 1 saturated heterocycles. The van der Waals surface area contributed by atoms with Crippen LogP contribution in [0, 0.1) is 11.3 Å². The summed E-state index contributed by atoms with van der Waals surface area (Å²) in [5.74, 6) is 0.0221. The summed E-state index contributed by atoms with van der Waals surface area (Å²) in [5, 5.41) is 10.2. The number of hydrogen-bond donors (Lipinski definition) is 0. The summed E-state index contributed by atoms with van der Waals surface area (Å²) in [4.78, 5) is 17.2. The number of amides is 1. The van der Waals surface area contributed by atoms with Gasteiger partial charge in [0.15, 0.2) is 5.15 Å². The van der Waals surface area contributed by atoms with E-state index >= 15 is 0 Å². The highest BCUT2D eigenvalue weighted by Crippen LogP contribution is 2.32. The quantitative estimate of drug-likeness (QED) is 0.683. The average Bonchev–Trinajstić information content (AvgIpc) is 3.28. The first kappa shape index (κ1) is 15.4. The molecule has 0 aromatic carbocycles. The summed E-state index contributed by atoms with van der Waals surface area (Å²) in [6.07, 6.45) is 1.63. The van der Waals surface area contributed by atoms with Gasteiger partial charge in [0.2, 0.25) is 0 Å². The molecule has 4 heterocycles. The van der Waals surface area contributed by atoms with Crippen LogP contribution in [0.25, 0.3) is 10.3 Å². The largest absolute Gasteiger partial charge is 0.463 e. The summed E-state index contributed by atoms with van der Waals surface area (Å²) in [6, 6.07) is 5.76. The van der Waals surface area contributed by atoms with Gasteiger partial charge in [-0.1, -0.05) is 11.6 Å². The van der Waals surface area contributed by atoms with Gasteiger partial charge in [-0.2, -0.15) is 9.64 Å². The number of carbonyl (C=O) groups is 1. The molecule has 6 nitrogen and oxygen atoms in total. The van der Waals surface area contributed by atoms with Crippen LogP contribution in [0.3, 0.4) is 0 Å². The van der Waals surface area contributed by atoms with Gasteiger partial charge in [0.25, 0.3) is 5.91 Å². The zero-order chi connectivity index (χ0) is 16.7. The van der Waals surface area contributed by atoms with Gasteiger partial charge in [0, 0.05) is 32.2 Å². The van der Waals surface area contributed by atoms with Crippen molar-refractivity contribution in [3.05, 3.63) is 34.0 Å². The number of carbonyl (C=O) groups excluding carboxylic acids is 1. The standard InChI is InChI=1S/C15H11ClN4O2S2/c16-13-9(8-17)15(24-18-13)20-4-2-19(3-5-20)14(21)12-7-10-11(23-12)1-6-22-10/h1,6-7H,2-5H2. The summed E-state index contributed by atoms with van der Waals surface area (Å²) in [7, 11) is 0. The molecule has 0 spiro atoms. The average molecular weight is 379 g/mol. The molecule has 9 heteroatoms. The van der Waals surface area contributed by atoms with E-state index in [4.69, 9.17) is 16.0 Å². The van der Waals surface area contributed by atoms with Gasteiger partial charge in [-0.05, 0) is 17.6 Å². The van der Waals surface area contributed by atoms with E-state index in [9.17, 15) is 10.1 Å². The summed E-state index contributed by atoms with van der Waals surface area (Å²) in [6.45, 7) is 2.50. The van der Waals surface area contributed by atoms with Crippen LogP contribution in [-0.4, -0.2) is 41.4 Å². The minimum atomic E-state index is 0.0221. The Morgan fingerprint density at radius 1 is 1.38 bits per heavy atom. The second-order valence-corrected chi connectivity index (χ2v) is 7.50. The van der Waals surface area contributed by atoms with Crippen molar-refractivity contribution in [3.8, 4) is 6.07 Å². The van der Waals surface area contributed by atoms with E-state index in [1.807, 2.05) is 11.0 Å². The molecule has 0 unspecified atom stereocenters. The Balaban J connectivity index is 1.46. The van der Waals surface area contributed by atoms with Crippen LogP contribution in [0.4, 0.5) is 5.00 Å². The molecule has 1 aliphatic heterocycles. The van der Waals surface area contributed by atoms with Crippen LogP contribution in [0.2, 0.25) is 5.15 Å². The van der Waals surface area contributed by atoms with Crippen LogP contribution < -0.4 is 4.90 Å². The van der Waals surface area contributed by atoms with Crippen LogP contribution >= 0.6 is 34.5 Å². The monoisotopic (exact) mass is 378 g/mol. The summed E-state index contributed by atoms with van der Waals surface area (Å²) >= 11 is 8.60. The Hall–Kier alpha value is -2.08. The van der Waals surface area contributed by atoms with E-state index in [1.54, 1.807) is 12.3 Å². The number of nitriles is 1. The molecule has 0 atom stereocenters. The van der Waals surface area contributed by atoms with Gasteiger partial charge in [-0.3, -0.25) is 4.79 Å². The second kappa shape index (κ2) is 6.09. The van der Waals surface area contributed by atoms with Gasteiger partial charge in [0.05, 0.1) is 15.8 Å². The molecule has 4 rings (SSSR count). The topological polar surface area (TPSA) is 73.4 Å². The van der Waals surface area contributed by atoms with Crippen LogP contribution in [-0.2, 0) is 0 Å². The highest BCUT2D eigenvalue weighted by molar-refractivity contribution is 7.20. The molecule has 0 N–H and O–H groups in total. The van der Waals surface area contributed by atoms with E-state index in [2.05, 4.69) is 15.3 Å². The number of hydrogen-bond acceptors (Lipinski definition) is 7. The van der Waals surface area contributed by atoms with Gasteiger partial charge in [-0.15, -0.1) is 11.3 Å². The first-order valence-corrected chi connectivity index (χ1v) is 9.20. The molecule has 0 aliphatic carbocycles. The predicted octanol–water partition coefficient (Wildman–Crippen LogP) is 3.44. The van der Waals surface area contributed by atoms with Gasteiger partial charge in [-0.25, -0.2) is 0 Å². The lowest BCUT2D eigenvalue weighted by atomic mass is 10.2. The number of thiophene rings is 1. The van der Waals surface area contributed by atoms with Crippen LogP contribution in [0.1, 0.15) is 15.2 Å². The van der Waals surface area contributed by atoms with Crippen molar-refractivity contribution >= 4 is 55.7 Å². The molecule has 122 valence electrons. The molecule has 1 amide bonds. The molecule has 1 fully saturated rings. The Morgan fingerprint density at radius 2 is 2.17 bits per heavy atom. The normalized spacial score (nSPS) is 15.0. The fraction of sp³-hybridized carbons (Fsp3) is 0.267. The minimum Gasteiger partial charge on any atom is -0.463 e. The van der Waals surface area contributed by atoms with Crippen molar-refractivity contribution in [2.24, 2.45) is 0 Å². The molecule has 24 heavy (non-hydrogen) atoms. The maximum atomic E-state index is 12.6. The first-order valence-electron chi connectivity index (χ1n) is 7.24. The summed E-state index contributed by atoms with van der Waals surface area (Å²) in [5.41, 5.74) is 1.17. The van der Waals surface area contributed by atoms with Crippen molar-refractivity contribution in [1.82, 2.24) is 9.27 Å². The smallest absolute Gasteiger partial charge is 0.264 e. The van der Waals surface area contributed by atoms with Crippen molar-refractivity contribution in [3.63, 3.8) is 0 Å². The van der Waals surface area contributed by atoms with Gasteiger partial charge >= 0.3 is 0 Å². The molecular formula is C15H11ClN4O2S2.